The van der Waals surface area contributed by atoms with Gasteiger partial charge in [0, 0.05) is 18.7 Å². The summed E-state index contributed by atoms with van der Waals surface area (Å²) >= 11 is 0. The Kier molecular flexibility index (Phi) is 6.98. The van der Waals surface area contributed by atoms with E-state index in [0.717, 1.165) is 19.4 Å². The molecule has 0 spiro atoms. The Morgan fingerprint density at radius 1 is 1.19 bits per heavy atom. The molecule has 1 saturated heterocycles. The number of aromatic hydroxyl groups is 1. The lowest BCUT2D eigenvalue weighted by atomic mass is 10.2. The number of benzene rings is 1. The first-order chi connectivity index (χ1) is 9.66. The summed E-state index contributed by atoms with van der Waals surface area (Å²) in [6.45, 7) is 1.66. The average molecular weight is 314 g/mol. The summed E-state index contributed by atoms with van der Waals surface area (Å²) in [5.41, 5.74) is 0.478. The maximum Gasteiger partial charge on any atom is 0.251 e. The van der Waals surface area contributed by atoms with Crippen molar-refractivity contribution in [1.82, 2.24) is 16.0 Å². The third-order valence-electron chi connectivity index (χ3n) is 3.22. The molecule has 116 valence electrons. The molecule has 0 aromatic heterocycles. The second-order valence-electron chi connectivity index (χ2n) is 4.74. The second kappa shape index (κ2) is 8.49. The first kappa shape index (κ1) is 17.3. The predicted octanol–water partition coefficient (Wildman–Crippen LogP) is 0.412. The summed E-state index contributed by atoms with van der Waals surface area (Å²) in [5, 5.41) is 17.7. The minimum absolute atomic E-state index is 0. The van der Waals surface area contributed by atoms with Gasteiger partial charge in [0.15, 0.2) is 0 Å². The molecule has 21 heavy (non-hydrogen) atoms. The fraction of sp³-hybridized carbons (Fsp3) is 0.429. The van der Waals surface area contributed by atoms with Gasteiger partial charge < -0.3 is 21.1 Å². The van der Waals surface area contributed by atoms with Crippen LogP contribution in [0.4, 0.5) is 0 Å². The van der Waals surface area contributed by atoms with E-state index in [1.807, 2.05) is 0 Å². The molecule has 4 N–H and O–H groups in total. The van der Waals surface area contributed by atoms with Gasteiger partial charge in [-0.15, -0.1) is 12.4 Å². The fourth-order valence-corrected chi connectivity index (χ4v) is 2.11. The van der Waals surface area contributed by atoms with Crippen LogP contribution in [0.15, 0.2) is 24.3 Å². The Bertz CT molecular complexity index is 473. The van der Waals surface area contributed by atoms with Gasteiger partial charge in [0.05, 0.1) is 6.04 Å². The molecule has 2 rings (SSSR count). The molecular weight excluding hydrogens is 294 g/mol. The average Bonchev–Trinajstić information content (AvgIpc) is 2.98. The monoisotopic (exact) mass is 313 g/mol. The summed E-state index contributed by atoms with van der Waals surface area (Å²) in [4.78, 5) is 23.4. The van der Waals surface area contributed by atoms with Crippen LogP contribution in [0.25, 0.3) is 0 Å². The highest BCUT2D eigenvalue weighted by Gasteiger charge is 2.21. The molecule has 7 heteroatoms. The van der Waals surface area contributed by atoms with Gasteiger partial charge in [0.1, 0.15) is 5.75 Å². The molecule has 0 radical (unpaired) electrons. The molecular formula is C14H20ClN3O3. The minimum Gasteiger partial charge on any atom is -0.508 e. The standard InChI is InChI=1S/C14H19N3O3.ClH/c18-11-5-3-10(4-6-11)13(19)16-8-9-17-14(20)12-2-1-7-15-12;/h3-6,12,15,18H,1-2,7-9H2,(H,16,19)(H,17,20);1H. The number of rotatable bonds is 5. The number of carbonyl (C=O) groups excluding carboxylic acids is 2. The normalized spacial score (nSPS) is 16.9. The highest BCUT2D eigenvalue weighted by Crippen LogP contribution is 2.09. The number of carbonyl (C=O) groups is 2. The molecule has 2 amide bonds. The van der Waals surface area contributed by atoms with Gasteiger partial charge in [-0.2, -0.15) is 0 Å². The van der Waals surface area contributed by atoms with E-state index in [1.165, 1.54) is 12.1 Å². The SMILES string of the molecule is Cl.O=C(NCCNC(=O)C1CCCN1)c1ccc(O)cc1. The maximum atomic E-state index is 11.7. The van der Waals surface area contributed by atoms with E-state index >= 15 is 0 Å². The Labute approximate surface area is 129 Å². The molecule has 0 saturated carbocycles. The third kappa shape index (κ3) is 5.24. The summed E-state index contributed by atoms with van der Waals surface area (Å²) in [6.07, 6.45) is 1.89. The molecule has 0 aliphatic carbocycles. The second-order valence-corrected chi connectivity index (χ2v) is 4.74. The van der Waals surface area contributed by atoms with Crippen molar-refractivity contribution in [3.8, 4) is 5.75 Å². The number of halogens is 1. The van der Waals surface area contributed by atoms with Gasteiger partial charge in [-0.3, -0.25) is 9.59 Å². The lowest BCUT2D eigenvalue weighted by Gasteiger charge is -2.11. The Hall–Kier alpha value is -1.79. The molecule has 1 aliphatic rings. The lowest BCUT2D eigenvalue weighted by Crippen LogP contribution is -2.43. The lowest BCUT2D eigenvalue weighted by molar-refractivity contribution is -0.122. The van der Waals surface area contributed by atoms with E-state index in [-0.39, 0.29) is 36.0 Å². The largest absolute Gasteiger partial charge is 0.508 e. The molecule has 0 bridgehead atoms. The molecule has 6 nitrogen and oxygen atoms in total. The minimum atomic E-state index is -0.224. The Morgan fingerprint density at radius 3 is 2.48 bits per heavy atom. The maximum absolute atomic E-state index is 11.7. The van der Waals surface area contributed by atoms with Crippen molar-refractivity contribution in [1.29, 1.82) is 0 Å². The first-order valence-electron chi connectivity index (χ1n) is 6.75. The van der Waals surface area contributed by atoms with E-state index in [4.69, 9.17) is 5.11 Å². The molecule has 1 fully saturated rings. The zero-order valence-electron chi connectivity index (χ0n) is 11.6. The van der Waals surface area contributed by atoms with Crippen molar-refractivity contribution < 1.29 is 14.7 Å². The number of phenols is 1. The van der Waals surface area contributed by atoms with E-state index in [1.54, 1.807) is 12.1 Å². The summed E-state index contributed by atoms with van der Waals surface area (Å²) in [6, 6.07) is 5.92. The fourth-order valence-electron chi connectivity index (χ4n) is 2.11. The quantitative estimate of drug-likeness (QED) is 0.593. The number of amides is 2. The Balaban J connectivity index is 0.00000220. The topological polar surface area (TPSA) is 90.5 Å². The van der Waals surface area contributed by atoms with Crippen LogP contribution in [0.2, 0.25) is 0 Å². The molecule has 1 aromatic carbocycles. The van der Waals surface area contributed by atoms with Crippen LogP contribution in [0.1, 0.15) is 23.2 Å². The zero-order valence-corrected chi connectivity index (χ0v) is 12.4. The smallest absolute Gasteiger partial charge is 0.251 e. The van der Waals surface area contributed by atoms with Crippen LogP contribution < -0.4 is 16.0 Å². The highest BCUT2D eigenvalue weighted by molar-refractivity contribution is 5.94. The van der Waals surface area contributed by atoms with Crippen LogP contribution in [-0.4, -0.2) is 42.6 Å². The van der Waals surface area contributed by atoms with Crippen molar-refractivity contribution in [2.75, 3.05) is 19.6 Å². The van der Waals surface area contributed by atoms with Crippen LogP contribution in [0.5, 0.6) is 5.75 Å². The summed E-state index contributed by atoms with van der Waals surface area (Å²) < 4.78 is 0. The molecule has 1 unspecified atom stereocenters. The van der Waals surface area contributed by atoms with Gasteiger partial charge in [-0.05, 0) is 43.7 Å². The Morgan fingerprint density at radius 2 is 1.86 bits per heavy atom. The van der Waals surface area contributed by atoms with Crippen molar-refractivity contribution in [3.05, 3.63) is 29.8 Å². The van der Waals surface area contributed by atoms with Gasteiger partial charge in [0.25, 0.3) is 5.91 Å². The van der Waals surface area contributed by atoms with Gasteiger partial charge in [-0.25, -0.2) is 0 Å². The van der Waals surface area contributed by atoms with E-state index in [2.05, 4.69) is 16.0 Å². The van der Waals surface area contributed by atoms with Crippen molar-refractivity contribution in [2.45, 2.75) is 18.9 Å². The van der Waals surface area contributed by atoms with Crippen LogP contribution >= 0.6 is 12.4 Å². The van der Waals surface area contributed by atoms with Gasteiger partial charge in [0.2, 0.25) is 5.91 Å². The third-order valence-corrected chi connectivity index (χ3v) is 3.22. The van der Waals surface area contributed by atoms with Crippen molar-refractivity contribution in [2.24, 2.45) is 0 Å². The molecule has 1 heterocycles. The van der Waals surface area contributed by atoms with Crippen LogP contribution in [0.3, 0.4) is 0 Å². The van der Waals surface area contributed by atoms with Gasteiger partial charge in [-0.1, -0.05) is 0 Å². The van der Waals surface area contributed by atoms with Crippen LogP contribution in [-0.2, 0) is 4.79 Å². The van der Waals surface area contributed by atoms with Crippen molar-refractivity contribution >= 4 is 24.2 Å². The van der Waals surface area contributed by atoms with E-state index < -0.39 is 0 Å². The molecule has 1 aliphatic heterocycles. The van der Waals surface area contributed by atoms with Gasteiger partial charge >= 0.3 is 0 Å². The highest BCUT2D eigenvalue weighted by atomic mass is 35.5. The summed E-state index contributed by atoms with van der Waals surface area (Å²) in [5.74, 6) is -0.113. The number of hydrogen-bond acceptors (Lipinski definition) is 4. The predicted molar refractivity (Wildman–Crippen MR) is 81.7 cm³/mol. The number of phenolic OH excluding ortho intramolecular Hbond substituents is 1. The number of hydrogen-bond donors (Lipinski definition) is 4. The first-order valence-corrected chi connectivity index (χ1v) is 6.75. The van der Waals surface area contributed by atoms with Crippen LogP contribution in [0, 0.1) is 0 Å². The van der Waals surface area contributed by atoms with E-state index in [9.17, 15) is 9.59 Å². The zero-order chi connectivity index (χ0) is 14.4. The molecule has 1 atom stereocenters. The number of nitrogens with one attached hydrogen (secondary N) is 3. The molecule has 1 aromatic rings. The van der Waals surface area contributed by atoms with E-state index in [0.29, 0.717) is 18.7 Å². The summed E-state index contributed by atoms with van der Waals surface area (Å²) in [7, 11) is 0. The van der Waals surface area contributed by atoms with Crippen molar-refractivity contribution in [3.63, 3.8) is 0 Å².